The van der Waals surface area contributed by atoms with Crippen LogP contribution in [0.5, 0.6) is 5.75 Å². The van der Waals surface area contributed by atoms with Crippen molar-refractivity contribution in [2.75, 3.05) is 21.3 Å². The molecule has 0 unspecified atom stereocenters. The third-order valence-electron chi connectivity index (χ3n) is 4.93. The van der Waals surface area contributed by atoms with Crippen molar-refractivity contribution >= 4 is 5.84 Å². The highest BCUT2D eigenvalue weighted by molar-refractivity contribution is 6.00. The average molecular weight is 312 g/mol. The van der Waals surface area contributed by atoms with Crippen molar-refractivity contribution in [2.24, 2.45) is 21.6 Å². The lowest BCUT2D eigenvalue weighted by Crippen LogP contribution is -2.41. The fourth-order valence-electron chi connectivity index (χ4n) is 3.82. The Morgan fingerprint density at radius 2 is 1.70 bits per heavy atom. The lowest BCUT2D eigenvalue weighted by molar-refractivity contribution is -0.230. The maximum atomic E-state index is 9.90. The van der Waals surface area contributed by atoms with Crippen LogP contribution in [0.15, 0.2) is 29.3 Å². The van der Waals surface area contributed by atoms with E-state index < -0.39 is 22.7 Å². The van der Waals surface area contributed by atoms with E-state index in [1.165, 1.54) is 14.2 Å². The Balaban J connectivity index is 2.18. The Morgan fingerprint density at radius 1 is 1.09 bits per heavy atom. The number of hydrogen-bond donors (Lipinski definition) is 1. The molecule has 1 aromatic carbocycles. The molecule has 0 radical (unpaired) electrons. The van der Waals surface area contributed by atoms with Gasteiger partial charge in [-0.15, -0.1) is 0 Å². The molecule has 2 aliphatic rings. The lowest BCUT2D eigenvalue weighted by Gasteiger charge is -2.29. The summed E-state index contributed by atoms with van der Waals surface area (Å²) in [7, 11) is 4.34. The highest BCUT2D eigenvalue weighted by Gasteiger charge is 2.93. The topological polar surface area (TPSA) is 114 Å². The van der Waals surface area contributed by atoms with Gasteiger partial charge in [-0.3, -0.25) is 0 Å². The number of rotatable bonds is 4. The van der Waals surface area contributed by atoms with Crippen LogP contribution in [0.3, 0.4) is 0 Å². The van der Waals surface area contributed by atoms with Crippen LogP contribution in [0, 0.1) is 33.5 Å². The van der Waals surface area contributed by atoms with Gasteiger partial charge in [-0.05, 0) is 17.7 Å². The molecule has 1 fully saturated rings. The molecule has 0 amide bonds. The van der Waals surface area contributed by atoms with Gasteiger partial charge in [0.15, 0.2) is 5.41 Å². The number of hydrogen-bond acceptors (Lipinski definition) is 7. The predicted molar refractivity (Wildman–Crippen MR) is 80.2 cm³/mol. The Hall–Kier alpha value is -2.61. The minimum absolute atomic E-state index is 0.0612. The smallest absolute Gasteiger partial charge is 0.292 e. The molecule has 0 aromatic heterocycles. The molecule has 1 aromatic rings. The van der Waals surface area contributed by atoms with Crippen LogP contribution < -0.4 is 10.5 Å². The summed E-state index contributed by atoms with van der Waals surface area (Å²) in [4.78, 5) is 4.16. The van der Waals surface area contributed by atoms with Gasteiger partial charge in [0.25, 0.3) is 5.91 Å². The fourth-order valence-corrected chi connectivity index (χ4v) is 3.82. The Morgan fingerprint density at radius 3 is 2.13 bits per heavy atom. The van der Waals surface area contributed by atoms with Gasteiger partial charge in [-0.25, -0.2) is 4.99 Å². The summed E-state index contributed by atoms with van der Waals surface area (Å²) in [6, 6.07) is 11.6. The number of ether oxygens (including phenoxy) is 3. The lowest BCUT2D eigenvalue weighted by atomic mass is 9.93. The van der Waals surface area contributed by atoms with Crippen molar-refractivity contribution in [1.29, 1.82) is 10.5 Å². The average Bonchev–Trinajstić information content (AvgIpc) is 3.17. The SMILES string of the molecule is COc1ccc([C@@H]2[C@@]3(C#N)C(OC)(OC)N=C(N)[C@]23C#N)cc1. The van der Waals surface area contributed by atoms with Crippen LogP contribution in [0.2, 0.25) is 0 Å². The zero-order valence-corrected chi connectivity index (χ0v) is 13.0. The molecule has 0 spiro atoms. The number of fused-ring (bicyclic) bond motifs is 1. The zero-order valence-electron chi connectivity index (χ0n) is 13.0. The highest BCUT2D eigenvalue weighted by atomic mass is 16.7. The van der Waals surface area contributed by atoms with Gasteiger partial charge in [0, 0.05) is 20.1 Å². The predicted octanol–water partition coefficient (Wildman–Crippen LogP) is 1.13. The number of nitriles is 2. The third kappa shape index (κ3) is 1.41. The van der Waals surface area contributed by atoms with Gasteiger partial charge in [-0.1, -0.05) is 12.1 Å². The number of amidine groups is 1. The van der Waals surface area contributed by atoms with E-state index in [9.17, 15) is 10.5 Å². The first-order valence-corrected chi connectivity index (χ1v) is 6.96. The summed E-state index contributed by atoms with van der Waals surface area (Å²) < 4.78 is 15.9. The molecule has 1 aliphatic carbocycles. The van der Waals surface area contributed by atoms with E-state index in [1.807, 2.05) is 12.1 Å². The second-order valence-corrected chi connectivity index (χ2v) is 5.53. The van der Waals surface area contributed by atoms with E-state index in [-0.39, 0.29) is 5.84 Å². The Labute approximate surface area is 133 Å². The number of nitrogens with two attached hydrogens (primary N) is 1. The van der Waals surface area contributed by atoms with Crippen LogP contribution in [-0.4, -0.2) is 33.1 Å². The van der Waals surface area contributed by atoms with Crippen molar-refractivity contribution < 1.29 is 14.2 Å². The largest absolute Gasteiger partial charge is 0.497 e. The first kappa shape index (κ1) is 15.3. The summed E-state index contributed by atoms with van der Waals surface area (Å²) in [6.07, 6.45) is 0. The minimum atomic E-state index is -1.59. The van der Waals surface area contributed by atoms with Crippen molar-refractivity contribution in [3.05, 3.63) is 29.8 Å². The fraction of sp³-hybridized carbons (Fsp3) is 0.438. The summed E-state index contributed by atoms with van der Waals surface area (Å²) in [6.45, 7) is 0. The second kappa shape index (κ2) is 4.69. The normalized spacial score (nSPS) is 33.1. The van der Waals surface area contributed by atoms with Gasteiger partial charge in [0.1, 0.15) is 17.0 Å². The maximum absolute atomic E-state index is 9.90. The summed E-state index contributed by atoms with van der Waals surface area (Å²) >= 11 is 0. The maximum Gasteiger partial charge on any atom is 0.292 e. The van der Waals surface area contributed by atoms with Crippen molar-refractivity contribution in [3.63, 3.8) is 0 Å². The van der Waals surface area contributed by atoms with E-state index in [4.69, 9.17) is 19.9 Å². The van der Waals surface area contributed by atoms with Gasteiger partial charge in [-0.2, -0.15) is 10.5 Å². The highest BCUT2D eigenvalue weighted by Crippen LogP contribution is 2.81. The molecule has 23 heavy (non-hydrogen) atoms. The van der Waals surface area contributed by atoms with Gasteiger partial charge in [0.05, 0.1) is 19.2 Å². The van der Waals surface area contributed by atoms with Gasteiger partial charge < -0.3 is 19.9 Å². The molecular weight excluding hydrogens is 296 g/mol. The Kier molecular flexibility index (Phi) is 3.12. The van der Waals surface area contributed by atoms with Gasteiger partial charge >= 0.3 is 0 Å². The quantitative estimate of drug-likeness (QED) is 0.834. The van der Waals surface area contributed by atoms with Crippen LogP contribution >= 0.6 is 0 Å². The van der Waals surface area contributed by atoms with E-state index in [0.29, 0.717) is 5.75 Å². The molecule has 3 rings (SSSR count). The molecule has 118 valence electrons. The molecule has 1 heterocycles. The molecule has 3 atom stereocenters. The molecule has 2 N–H and O–H groups in total. The monoisotopic (exact) mass is 312 g/mol. The van der Waals surface area contributed by atoms with E-state index in [1.54, 1.807) is 19.2 Å². The molecule has 1 saturated carbocycles. The second-order valence-electron chi connectivity index (χ2n) is 5.53. The van der Waals surface area contributed by atoms with Crippen LogP contribution in [0.4, 0.5) is 0 Å². The van der Waals surface area contributed by atoms with Crippen LogP contribution in [0.1, 0.15) is 11.5 Å². The molecule has 1 aliphatic heterocycles. The summed E-state index contributed by atoms with van der Waals surface area (Å²) in [5, 5.41) is 19.7. The number of benzene rings is 1. The first-order valence-electron chi connectivity index (χ1n) is 6.96. The summed E-state index contributed by atoms with van der Waals surface area (Å²) in [5.41, 5.74) is 4.23. The van der Waals surface area contributed by atoms with Crippen molar-refractivity contribution in [2.45, 2.75) is 11.8 Å². The van der Waals surface area contributed by atoms with E-state index in [0.717, 1.165) is 5.56 Å². The molecule has 7 nitrogen and oxygen atoms in total. The third-order valence-corrected chi connectivity index (χ3v) is 4.93. The number of aliphatic imine (C=N–C) groups is 1. The van der Waals surface area contributed by atoms with Gasteiger partial charge in [0.2, 0.25) is 0 Å². The van der Waals surface area contributed by atoms with Crippen LogP contribution in [-0.2, 0) is 9.47 Å². The molecule has 0 bridgehead atoms. The van der Waals surface area contributed by atoms with E-state index >= 15 is 0 Å². The van der Waals surface area contributed by atoms with Crippen molar-refractivity contribution in [1.82, 2.24) is 0 Å². The van der Waals surface area contributed by atoms with Crippen LogP contribution in [0.25, 0.3) is 0 Å². The van der Waals surface area contributed by atoms with Crippen molar-refractivity contribution in [3.8, 4) is 17.9 Å². The van der Waals surface area contributed by atoms with E-state index in [2.05, 4.69) is 17.1 Å². The summed E-state index contributed by atoms with van der Waals surface area (Å²) in [5.74, 6) is -1.34. The first-order chi connectivity index (χ1) is 11.0. The molecule has 7 heteroatoms. The number of methoxy groups -OCH3 is 3. The molecular formula is C16H16N4O3. The Bertz CT molecular complexity index is 757. The number of nitrogens with zero attached hydrogens (tertiary/aromatic N) is 3. The minimum Gasteiger partial charge on any atom is -0.497 e. The standard InChI is InChI=1S/C16H16N4O3/c1-21-11-6-4-10(5-7-11)12-14(8-17)13(19)20-16(22-2,23-3)15(12,14)9-18/h4-7,12H,1-3H3,(H2,19,20)/t12-,14-,15+/m0/s1. The molecule has 0 saturated heterocycles. The zero-order chi connectivity index (χ0) is 16.9.